The molecule has 1 N–H and O–H groups in total. The Morgan fingerprint density at radius 2 is 2.22 bits per heavy atom. The molecule has 7 heteroatoms. The van der Waals surface area contributed by atoms with Crippen LogP contribution in [0.5, 0.6) is 0 Å². The van der Waals surface area contributed by atoms with Crippen molar-refractivity contribution in [1.82, 2.24) is 15.0 Å². The highest BCUT2D eigenvalue weighted by Crippen LogP contribution is 2.21. The molecule has 27 heavy (non-hydrogen) atoms. The van der Waals surface area contributed by atoms with E-state index < -0.39 is 11.7 Å². The maximum absolute atomic E-state index is 12.4. The van der Waals surface area contributed by atoms with Crippen molar-refractivity contribution in [1.29, 1.82) is 0 Å². The van der Waals surface area contributed by atoms with Gasteiger partial charge in [0.05, 0.1) is 12.3 Å². The Labute approximate surface area is 158 Å². The number of aromatic nitrogens is 3. The van der Waals surface area contributed by atoms with Gasteiger partial charge in [-0.15, -0.1) is 5.10 Å². The summed E-state index contributed by atoms with van der Waals surface area (Å²) >= 11 is 1.57. The van der Waals surface area contributed by atoms with Crippen molar-refractivity contribution in [3.63, 3.8) is 0 Å². The van der Waals surface area contributed by atoms with Crippen molar-refractivity contribution < 1.29 is 9.52 Å². The van der Waals surface area contributed by atoms with E-state index in [0.29, 0.717) is 17.7 Å². The smallest absolute Gasteiger partial charge is 0.362 e. The third-order valence-corrected chi connectivity index (χ3v) is 4.58. The predicted octanol–water partition coefficient (Wildman–Crippen LogP) is 3.22. The summed E-state index contributed by atoms with van der Waals surface area (Å²) in [5.41, 5.74) is 2.69. The average molecular weight is 377 g/mol. The molecule has 4 aromatic rings. The van der Waals surface area contributed by atoms with E-state index >= 15 is 0 Å². The summed E-state index contributed by atoms with van der Waals surface area (Å²) < 4.78 is 6.84. The predicted molar refractivity (Wildman–Crippen MR) is 104 cm³/mol. The van der Waals surface area contributed by atoms with Crippen LogP contribution in [0.4, 0.5) is 0 Å². The Balaban J connectivity index is 1.73. The van der Waals surface area contributed by atoms with E-state index in [2.05, 4.69) is 22.2 Å². The first-order valence-corrected chi connectivity index (χ1v) is 9.24. The zero-order valence-electron chi connectivity index (χ0n) is 14.4. The van der Waals surface area contributed by atoms with Crippen LogP contribution in [0.3, 0.4) is 0 Å². The van der Waals surface area contributed by atoms with Gasteiger partial charge in [0, 0.05) is 28.3 Å². The normalized spacial score (nSPS) is 11.9. The number of hydrogen-bond donors (Lipinski definition) is 1. The van der Waals surface area contributed by atoms with Gasteiger partial charge < -0.3 is 9.52 Å². The number of fused-ring (bicyclic) bond motifs is 1. The molecule has 1 aromatic carbocycles. The number of nitrogens with zero attached hydrogens (tertiary/aromatic N) is 3. The monoisotopic (exact) mass is 377 g/mol. The Kier molecular flexibility index (Phi) is 4.59. The number of rotatable bonds is 3. The van der Waals surface area contributed by atoms with Gasteiger partial charge in [-0.1, -0.05) is 17.1 Å². The molecule has 0 saturated carbocycles. The lowest BCUT2D eigenvalue weighted by Crippen LogP contribution is -2.10. The molecule has 0 aliphatic rings. The molecule has 0 aliphatic carbocycles. The van der Waals surface area contributed by atoms with Crippen molar-refractivity contribution >= 4 is 22.3 Å². The summed E-state index contributed by atoms with van der Waals surface area (Å²) in [6.45, 7) is 1.69. The van der Waals surface area contributed by atoms with E-state index in [0.717, 1.165) is 16.5 Å². The highest BCUT2D eigenvalue weighted by Gasteiger charge is 2.11. The molecule has 0 bridgehead atoms. The molecule has 0 spiro atoms. The van der Waals surface area contributed by atoms with Crippen molar-refractivity contribution in [2.24, 2.45) is 0 Å². The molecule has 0 radical (unpaired) electrons. The van der Waals surface area contributed by atoms with Gasteiger partial charge in [-0.25, -0.2) is 9.48 Å². The van der Waals surface area contributed by atoms with Gasteiger partial charge in [0.25, 0.3) is 0 Å². The third-order valence-electron chi connectivity index (χ3n) is 3.90. The molecule has 3 aromatic heterocycles. The zero-order valence-corrected chi connectivity index (χ0v) is 15.2. The van der Waals surface area contributed by atoms with E-state index in [1.807, 2.05) is 22.9 Å². The Morgan fingerprint density at radius 3 is 3.00 bits per heavy atom. The van der Waals surface area contributed by atoms with Gasteiger partial charge in [-0.05, 0) is 42.6 Å². The average Bonchev–Trinajstić information content (AvgIpc) is 3.32. The molecule has 0 amide bonds. The van der Waals surface area contributed by atoms with Crippen LogP contribution in [0.1, 0.15) is 18.9 Å². The second-order valence-electron chi connectivity index (χ2n) is 6.09. The summed E-state index contributed by atoms with van der Waals surface area (Å²) in [4.78, 5) is 12.4. The van der Waals surface area contributed by atoms with Crippen molar-refractivity contribution in [3.05, 3.63) is 63.3 Å². The highest BCUT2D eigenvalue weighted by atomic mass is 32.1. The lowest BCUT2D eigenvalue weighted by molar-refractivity contribution is 0.201. The first-order chi connectivity index (χ1) is 13.1. The lowest BCUT2D eigenvalue weighted by Gasteiger charge is -2.02. The Morgan fingerprint density at radius 1 is 1.33 bits per heavy atom. The molecule has 3 heterocycles. The van der Waals surface area contributed by atoms with Crippen LogP contribution in [-0.4, -0.2) is 26.2 Å². The van der Waals surface area contributed by atoms with Crippen molar-refractivity contribution in [2.45, 2.75) is 19.4 Å². The maximum Gasteiger partial charge on any atom is 0.362 e. The van der Waals surface area contributed by atoms with E-state index in [1.54, 1.807) is 42.7 Å². The summed E-state index contributed by atoms with van der Waals surface area (Å²) in [5, 5.41) is 22.1. The van der Waals surface area contributed by atoms with E-state index in [4.69, 9.17) is 4.42 Å². The van der Waals surface area contributed by atoms with Gasteiger partial charge in [0.2, 0.25) is 0 Å². The van der Waals surface area contributed by atoms with Gasteiger partial charge in [0.1, 0.15) is 11.3 Å². The maximum atomic E-state index is 12.4. The molecule has 4 rings (SSSR count). The Bertz CT molecular complexity index is 1210. The SMILES string of the molecule is C[C@@H](O)CC#Cc1ccc2oc(=O)c(-n3cc(-c4ccsc4)nn3)cc2c1. The second-order valence-corrected chi connectivity index (χ2v) is 6.87. The number of aliphatic hydroxyl groups is 1. The van der Waals surface area contributed by atoms with Crippen molar-refractivity contribution in [2.75, 3.05) is 0 Å². The number of thiophene rings is 1. The summed E-state index contributed by atoms with van der Waals surface area (Å²) in [5.74, 6) is 5.92. The van der Waals surface area contributed by atoms with Gasteiger partial charge in [-0.3, -0.25) is 0 Å². The summed E-state index contributed by atoms with van der Waals surface area (Å²) in [6, 6.07) is 9.00. The van der Waals surface area contributed by atoms with Crippen LogP contribution < -0.4 is 5.63 Å². The molecule has 0 unspecified atom stereocenters. The molecular weight excluding hydrogens is 362 g/mol. The molecule has 0 fully saturated rings. The largest absolute Gasteiger partial charge is 0.421 e. The van der Waals surface area contributed by atoms with Crippen LogP contribution in [0, 0.1) is 11.8 Å². The molecule has 0 aliphatic heterocycles. The van der Waals surface area contributed by atoms with Crippen LogP contribution in [0.15, 0.2) is 56.5 Å². The highest BCUT2D eigenvalue weighted by molar-refractivity contribution is 7.08. The summed E-state index contributed by atoms with van der Waals surface area (Å²) in [6.07, 6.45) is 1.64. The molecule has 0 saturated heterocycles. The fraction of sp³-hybridized carbons (Fsp3) is 0.150. The van der Waals surface area contributed by atoms with Gasteiger partial charge >= 0.3 is 5.63 Å². The number of aliphatic hydroxyl groups excluding tert-OH is 1. The summed E-state index contributed by atoms with van der Waals surface area (Å²) in [7, 11) is 0. The molecular formula is C20H15N3O3S. The lowest BCUT2D eigenvalue weighted by atomic mass is 10.1. The number of benzene rings is 1. The quantitative estimate of drug-likeness (QED) is 0.438. The fourth-order valence-electron chi connectivity index (χ4n) is 2.57. The third kappa shape index (κ3) is 3.67. The Hall–Kier alpha value is -3.21. The second kappa shape index (κ2) is 7.19. The first kappa shape index (κ1) is 17.2. The van der Waals surface area contributed by atoms with E-state index in [9.17, 15) is 9.90 Å². The first-order valence-electron chi connectivity index (χ1n) is 8.30. The minimum Gasteiger partial charge on any atom is -0.421 e. The van der Waals surface area contributed by atoms with Gasteiger partial charge in [-0.2, -0.15) is 11.3 Å². The van der Waals surface area contributed by atoms with E-state index in [-0.39, 0.29) is 5.69 Å². The topological polar surface area (TPSA) is 81.2 Å². The van der Waals surface area contributed by atoms with Crippen LogP contribution >= 0.6 is 11.3 Å². The van der Waals surface area contributed by atoms with Gasteiger partial charge in [0.15, 0.2) is 5.69 Å². The molecule has 1 atom stereocenters. The fourth-order valence-corrected chi connectivity index (χ4v) is 3.22. The minimum absolute atomic E-state index is 0.283. The molecule has 134 valence electrons. The minimum atomic E-state index is -0.489. The number of hydrogen-bond acceptors (Lipinski definition) is 6. The van der Waals surface area contributed by atoms with E-state index in [1.165, 1.54) is 4.68 Å². The van der Waals surface area contributed by atoms with Crippen LogP contribution in [-0.2, 0) is 0 Å². The van der Waals surface area contributed by atoms with Crippen molar-refractivity contribution in [3.8, 4) is 28.8 Å². The van der Waals surface area contributed by atoms with Crippen LogP contribution in [0.25, 0.3) is 27.9 Å². The zero-order chi connectivity index (χ0) is 18.8. The standard InChI is InChI=1S/C20H15N3O3S/c1-13(24)3-2-4-14-5-6-19-16(9-14)10-18(20(25)26-19)23-11-17(21-22-23)15-7-8-27-12-15/h5-13,24H,3H2,1H3/t13-/m1/s1. The molecule has 6 nitrogen and oxygen atoms in total. The van der Waals surface area contributed by atoms with Crippen LogP contribution in [0.2, 0.25) is 0 Å².